The van der Waals surface area contributed by atoms with Crippen LogP contribution in [0.5, 0.6) is 0 Å². The molecule has 0 aliphatic carbocycles. The fourth-order valence-corrected chi connectivity index (χ4v) is 1.98. The van der Waals surface area contributed by atoms with E-state index < -0.39 is 0 Å². The molecule has 1 aromatic carbocycles. The predicted octanol–water partition coefficient (Wildman–Crippen LogP) is 2.53. The number of carbonyl (C=O) groups is 1. The summed E-state index contributed by atoms with van der Waals surface area (Å²) >= 11 is 3.42. The van der Waals surface area contributed by atoms with Crippen molar-refractivity contribution in [3.63, 3.8) is 0 Å². The molecule has 0 radical (unpaired) electrons. The molecule has 1 rings (SSSR count). The van der Waals surface area contributed by atoms with Gasteiger partial charge in [0.25, 0.3) is 0 Å². The van der Waals surface area contributed by atoms with Crippen LogP contribution in [-0.4, -0.2) is 26.0 Å². The highest BCUT2D eigenvalue weighted by atomic mass is 79.9. The van der Waals surface area contributed by atoms with Gasteiger partial charge < -0.3 is 10.6 Å². The van der Waals surface area contributed by atoms with Crippen LogP contribution in [0.1, 0.15) is 18.4 Å². The van der Waals surface area contributed by atoms with Gasteiger partial charge in [-0.25, -0.2) is 0 Å². The summed E-state index contributed by atoms with van der Waals surface area (Å²) in [6.07, 6.45) is 2.31. The normalized spacial score (nSPS) is 9.67. The average Bonchev–Trinajstić information content (AvgIpc) is 2.32. The van der Waals surface area contributed by atoms with Crippen molar-refractivity contribution in [2.24, 2.45) is 0 Å². The molecule has 0 aliphatic rings. The first kappa shape index (κ1) is 17.4. The summed E-state index contributed by atoms with van der Waals surface area (Å²) < 4.78 is 1.06. The van der Waals surface area contributed by atoms with Crippen molar-refractivity contribution in [2.45, 2.75) is 19.3 Å². The zero-order chi connectivity index (χ0) is 12.5. The number of hydrogen-bond donors (Lipinski definition) is 2. The summed E-state index contributed by atoms with van der Waals surface area (Å²) in [4.78, 5) is 11.5. The minimum absolute atomic E-state index is 0. The van der Waals surface area contributed by atoms with E-state index in [0.29, 0.717) is 6.42 Å². The summed E-state index contributed by atoms with van der Waals surface area (Å²) in [5, 5.41) is 5.96. The third-order valence-corrected chi connectivity index (χ3v) is 2.95. The van der Waals surface area contributed by atoms with E-state index in [9.17, 15) is 4.79 Å². The highest BCUT2D eigenvalue weighted by molar-refractivity contribution is 9.10. The molecule has 0 saturated heterocycles. The van der Waals surface area contributed by atoms with Gasteiger partial charge in [-0.15, -0.1) is 12.4 Å². The maximum absolute atomic E-state index is 11.5. The number of nitrogens with one attached hydrogen (secondary N) is 2. The molecule has 5 heteroatoms. The van der Waals surface area contributed by atoms with Gasteiger partial charge >= 0.3 is 0 Å². The van der Waals surface area contributed by atoms with Gasteiger partial charge in [-0.3, -0.25) is 4.79 Å². The van der Waals surface area contributed by atoms with Crippen LogP contribution < -0.4 is 10.6 Å². The van der Waals surface area contributed by atoms with E-state index in [1.165, 1.54) is 5.56 Å². The van der Waals surface area contributed by atoms with Crippen molar-refractivity contribution >= 4 is 34.2 Å². The maximum atomic E-state index is 11.5. The monoisotopic (exact) mass is 334 g/mol. The quantitative estimate of drug-likeness (QED) is 0.752. The lowest BCUT2D eigenvalue weighted by Gasteiger charge is -2.05. The highest BCUT2D eigenvalue weighted by Gasteiger charge is 2.01. The second kappa shape index (κ2) is 10.4. The summed E-state index contributed by atoms with van der Waals surface area (Å²) in [6.45, 7) is 1.68. The average molecular weight is 336 g/mol. The van der Waals surface area contributed by atoms with Crippen molar-refractivity contribution in [3.05, 3.63) is 34.3 Å². The van der Waals surface area contributed by atoms with Crippen molar-refractivity contribution in [3.8, 4) is 0 Å². The summed E-state index contributed by atoms with van der Waals surface area (Å²) in [5.74, 6) is 0.126. The van der Waals surface area contributed by atoms with Crippen LogP contribution in [0.4, 0.5) is 0 Å². The minimum Gasteiger partial charge on any atom is -0.356 e. The van der Waals surface area contributed by atoms with Gasteiger partial charge in [0.1, 0.15) is 0 Å². The molecule has 0 fully saturated rings. The Bertz CT molecular complexity index is 361. The van der Waals surface area contributed by atoms with Crippen LogP contribution in [0.25, 0.3) is 0 Å². The molecule has 0 heterocycles. The maximum Gasteiger partial charge on any atom is 0.220 e. The molecule has 0 spiro atoms. The Morgan fingerprint density at radius 2 is 2.11 bits per heavy atom. The minimum atomic E-state index is 0. The van der Waals surface area contributed by atoms with Gasteiger partial charge in [0.2, 0.25) is 5.91 Å². The fourth-order valence-electron chi connectivity index (χ4n) is 1.53. The Labute approximate surface area is 123 Å². The Morgan fingerprint density at radius 1 is 1.33 bits per heavy atom. The second-order valence-corrected chi connectivity index (χ2v) is 4.85. The van der Waals surface area contributed by atoms with E-state index in [4.69, 9.17) is 0 Å². The first-order valence-electron chi connectivity index (χ1n) is 5.88. The largest absolute Gasteiger partial charge is 0.356 e. The van der Waals surface area contributed by atoms with Crippen LogP contribution in [0.3, 0.4) is 0 Å². The van der Waals surface area contributed by atoms with Crippen molar-refractivity contribution in [1.82, 2.24) is 10.6 Å². The molecule has 18 heavy (non-hydrogen) atoms. The lowest BCUT2D eigenvalue weighted by Crippen LogP contribution is -2.26. The number of aryl methyl sites for hydroxylation is 1. The van der Waals surface area contributed by atoms with Crippen molar-refractivity contribution in [2.75, 3.05) is 20.1 Å². The third-order valence-electron chi connectivity index (χ3n) is 2.46. The van der Waals surface area contributed by atoms with Crippen LogP contribution in [0, 0.1) is 0 Å². The van der Waals surface area contributed by atoms with Gasteiger partial charge in [-0.1, -0.05) is 28.1 Å². The van der Waals surface area contributed by atoms with E-state index in [1.54, 1.807) is 0 Å². The zero-order valence-corrected chi connectivity index (χ0v) is 12.9. The summed E-state index contributed by atoms with van der Waals surface area (Å²) in [7, 11) is 1.91. The predicted molar refractivity (Wildman–Crippen MR) is 81.3 cm³/mol. The van der Waals surface area contributed by atoms with E-state index in [-0.39, 0.29) is 18.3 Å². The van der Waals surface area contributed by atoms with Crippen molar-refractivity contribution in [1.29, 1.82) is 0 Å². The fraction of sp³-hybridized carbons (Fsp3) is 0.462. The highest BCUT2D eigenvalue weighted by Crippen LogP contribution is 2.12. The number of amides is 1. The number of rotatable bonds is 7. The molecular weight excluding hydrogens is 316 g/mol. The first-order chi connectivity index (χ1) is 8.22. The molecule has 0 aliphatic heterocycles. The molecule has 0 saturated carbocycles. The van der Waals surface area contributed by atoms with E-state index in [1.807, 2.05) is 31.3 Å². The topological polar surface area (TPSA) is 41.1 Å². The smallest absolute Gasteiger partial charge is 0.220 e. The number of halogens is 2. The molecule has 2 N–H and O–H groups in total. The molecule has 1 aromatic rings. The van der Waals surface area contributed by atoms with E-state index in [2.05, 4.69) is 26.6 Å². The number of hydrogen-bond acceptors (Lipinski definition) is 2. The zero-order valence-electron chi connectivity index (χ0n) is 10.5. The summed E-state index contributed by atoms with van der Waals surface area (Å²) in [5.41, 5.74) is 1.18. The van der Waals surface area contributed by atoms with Gasteiger partial charge in [0.05, 0.1) is 0 Å². The lowest BCUT2D eigenvalue weighted by atomic mass is 10.1. The Balaban J connectivity index is 0.00000289. The molecule has 1 amide bonds. The van der Waals surface area contributed by atoms with Crippen LogP contribution in [-0.2, 0) is 11.2 Å². The molecule has 0 bridgehead atoms. The van der Waals surface area contributed by atoms with E-state index in [0.717, 1.165) is 30.4 Å². The number of carbonyl (C=O) groups excluding carboxylic acids is 1. The number of benzene rings is 1. The van der Waals surface area contributed by atoms with Gasteiger partial charge in [0.15, 0.2) is 0 Å². The standard InChI is InChI=1S/C13H19BrN2O.ClH/c1-15-8-3-9-16-13(17)7-6-11-4-2-5-12(14)10-11;/h2,4-5,10,15H,3,6-9H2,1H3,(H,16,17);1H. The molecule has 102 valence electrons. The van der Waals surface area contributed by atoms with Crippen molar-refractivity contribution < 1.29 is 4.79 Å². The van der Waals surface area contributed by atoms with Gasteiger partial charge in [-0.05, 0) is 44.1 Å². The molecule has 0 unspecified atom stereocenters. The van der Waals surface area contributed by atoms with Gasteiger partial charge in [0, 0.05) is 17.4 Å². The van der Waals surface area contributed by atoms with Crippen LogP contribution in [0.2, 0.25) is 0 Å². The van der Waals surface area contributed by atoms with E-state index >= 15 is 0 Å². The molecular formula is C13H20BrClN2O. The second-order valence-electron chi connectivity index (χ2n) is 3.94. The van der Waals surface area contributed by atoms with Gasteiger partial charge in [-0.2, -0.15) is 0 Å². The molecule has 0 aromatic heterocycles. The van der Waals surface area contributed by atoms with Crippen LogP contribution in [0.15, 0.2) is 28.7 Å². The summed E-state index contributed by atoms with van der Waals surface area (Å²) in [6, 6.07) is 8.07. The Hall–Kier alpha value is -0.580. The van der Waals surface area contributed by atoms with Crippen LogP contribution >= 0.6 is 28.3 Å². The molecule has 0 atom stereocenters. The Morgan fingerprint density at radius 3 is 2.78 bits per heavy atom. The first-order valence-corrected chi connectivity index (χ1v) is 6.67. The SMILES string of the molecule is CNCCCNC(=O)CCc1cccc(Br)c1.Cl. The molecule has 3 nitrogen and oxygen atoms in total. The lowest BCUT2D eigenvalue weighted by molar-refractivity contribution is -0.121. The third kappa shape index (κ3) is 7.69. The Kier molecular flexibility index (Phi) is 10.0.